The maximum Gasteiger partial charge on any atom is 0.256 e. The summed E-state index contributed by atoms with van der Waals surface area (Å²) in [5.41, 5.74) is 7.46. The molecule has 4 rings (SSSR count). The van der Waals surface area contributed by atoms with Gasteiger partial charge in [0.1, 0.15) is 10.7 Å². The Hall–Kier alpha value is -3.48. The van der Waals surface area contributed by atoms with Gasteiger partial charge in [-0.05, 0) is 40.8 Å². The molecular formula is C27H25ClN4OS. The number of hydrogen-bond acceptors (Lipinski definition) is 5. The summed E-state index contributed by atoms with van der Waals surface area (Å²) in [6, 6.07) is 24.8. The number of thiazole rings is 1. The highest BCUT2D eigenvalue weighted by Crippen LogP contribution is 2.36. The Kier molecular flexibility index (Phi) is 7.10. The summed E-state index contributed by atoms with van der Waals surface area (Å²) in [5.74, 6) is -0.230. The Labute approximate surface area is 208 Å². The predicted octanol–water partition coefficient (Wildman–Crippen LogP) is 7.46. The van der Waals surface area contributed by atoms with Crippen LogP contribution in [0.25, 0.3) is 11.3 Å². The number of anilines is 2. The van der Waals surface area contributed by atoms with Gasteiger partial charge < -0.3 is 5.32 Å². The molecule has 2 N–H and O–H groups in total. The average molecular weight is 489 g/mol. The number of hydrogen-bond donors (Lipinski definition) is 2. The Morgan fingerprint density at radius 2 is 1.65 bits per heavy atom. The van der Waals surface area contributed by atoms with Crippen LogP contribution in [0, 0.1) is 0 Å². The van der Waals surface area contributed by atoms with Crippen LogP contribution in [0.5, 0.6) is 0 Å². The van der Waals surface area contributed by atoms with E-state index in [0.717, 1.165) is 11.1 Å². The molecule has 0 saturated heterocycles. The van der Waals surface area contributed by atoms with Gasteiger partial charge in [-0.25, -0.2) is 4.98 Å². The largest absolute Gasteiger partial charge is 0.312 e. The second kappa shape index (κ2) is 10.2. The molecule has 0 radical (unpaired) electrons. The standard InChI is InChI=1S/C27H25ClN4OS/c1-27(2,3)21-13-9-18(10-14-21)17-29-32-26-30-23(19-7-5-4-6-8-19)25(34-26)31-24(33)20-11-15-22(28)16-12-20/h4-17H,1-3H3,(H,30,32)(H,31,33). The van der Waals surface area contributed by atoms with E-state index in [0.29, 0.717) is 26.4 Å². The number of rotatable bonds is 6. The van der Waals surface area contributed by atoms with E-state index in [-0.39, 0.29) is 11.3 Å². The van der Waals surface area contributed by atoms with Crippen LogP contribution < -0.4 is 10.7 Å². The van der Waals surface area contributed by atoms with E-state index in [4.69, 9.17) is 11.6 Å². The van der Waals surface area contributed by atoms with Crippen molar-refractivity contribution in [3.8, 4) is 11.3 Å². The van der Waals surface area contributed by atoms with Crippen LogP contribution in [0.1, 0.15) is 42.3 Å². The molecule has 0 aliphatic carbocycles. The molecule has 0 spiro atoms. The van der Waals surface area contributed by atoms with Crippen molar-refractivity contribution in [3.63, 3.8) is 0 Å². The minimum Gasteiger partial charge on any atom is -0.312 e. The fourth-order valence-electron chi connectivity index (χ4n) is 3.25. The Morgan fingerprint density at radius 3 is 2.29 bits per heavy atom. The number of nitrogens with one attached hydrogen (secondary N) is 2. The Morgan fingerprint density at radius 1 is 0.971 bits per heavy atom. The number of aromatic nitrogens is 1. The topological polar surface area (TPSA) is 66.4 Å². The van der Waals surface area contributed by atoms with Crippen LogP contribution >= 0.6 is 22.9 Å². The third-order valence-corrected chi connectivity index (χ3v) is 6.29. The molecule has 0 aliphatic heterocycles. The number of amides is 1. The molecule has 3 aromatic carbocycles. The highest BCUT2D eigenvalue weighted by atomic mass is 35.5. The van der Waals surface area contributed by atoms with Gasteiger partial charge in [0.05, 0.1) is 6.21 Å². The first-order valence-corrected chi connectivity index (χ1v) is 12.0. The minimum atomic E-state index is -0.230. The monoisotopic (exact) mass is 488 g/mol. The van der Waals surface area contributed by atoms with Gasteiger partial charge in [0.15, 0.2) is 0 Å². The highest BCUT2D eigenvalue weighted by molar-refractivity contribution is 7.20. The van der Waals surface area contributed by atoms with E-state index >= 15 is 0 Å². The van der Waals surface area contributed by atoms with Gasteiger partial charge in [-0.1, -0.05) is 98.3 Å². The van der Waals surface area contributed by atoms with E-state index in [1.165, 1.54) is 16.9 Å². The van der Waals surface area contributed by atoms with Crippen molar-refractivity contribution < 1.29 is 4.79 Å². The fourth-order valence-corrected chi connectivity index (χ4v) is 4.21. The fraction of sp³-hybridized carbons (Fsp3) is 0.148. The van der Waals surface area contributed by atoms with Gasteiger partial charge in [0, 0.05) is 16.1 Å². The third-order valence-electron chi connectivity index (χ3n) is 5.16. The zero-order chi connectivity index (χ0) is 24.1. The van der Waals surface area contributed by atoms with Gasteiger partial charge in [-0.15, -0.1) is 0 Å². The molecule has 4 aromatic rings. The molecule has 34 heavy (non-hydrogen) atoms. The second-order valence-electron chi connectivity index (χ2n) is 8.77. The Bertz CT molecular complexity index is 1290. The van der Waals surface area contributed by atoms with Gasteiger partial charge in [0.25, 0.3) is 5.91 Å². The van der Waals surface area contributed by atoms with Crippen LogP contribution in [-0.4, -0.2) is 17.1 Å². The molecule has 0 atom stereocenters. The lowest BCUT2D eigenvalue weighted by Gasteiger charge is -2.18. The molecule has 1 aromatic heterocycles. The average Bonchev–Trinajstić information content (AvgIpc) is 3.22. The molecule has 0 saturated carbocycles. The molecular weight excluding hydrogens is 464 g/mol. The first kappa shape index (κ1) is 23.7. The van der Waals surface area contributed by atoms with Gasteiger partial charge in [-0.3, -0.25) is 10.2 Å². The van der Waals surface area contributed by atoms with Crippen molar-refractivity contribution in [2.24, 2.45) is 5.10 Å². The van der Waals surface area contributed by atoms with Gasteiger partial charge in [0.2, 0.25) is 5.13 Å². The number of hydrazone groups is 1. The third kappa shape index (κ3) is 5.90. The SMILES string of the molecule is CC(C)(C)c1ccc(C=NNc2nc(-c3ccccc3)c(NC(=O)c3ccc(Cl)cc3)s2)cc1. The molecule has 1 heterocycles. The number of carbonyl (C=O) groups excluding carboxylic acids is 1. The van der Waals surface area contributed by atoms with Crippen molar-refractivity contribution in [3.05, 3.63) is 101 Å². The zero-order valence-corrected chi connectivity index (χ0v) is 20.7. The molecule has 172 valence electrons. The number of carbonyl (C=O) groups is 1. The summed E-state index contributed by atoms with van der Waals surface area (Å²) in [6.07, 6.45) is 1.75. The first-order chi connectivity index (χ1) is 16.3. The van der Waals surface area contributed by atoms with E-state index in [9.17, 15) is 4.79 Å². The quantitative estimate of drug-likeness (QED) is 0.218. The molecule has 0 aliphatic rings. The summed E-state index contributed by atoms with van der Waals surface area (Å²) in [4.78, 5) is 17.5. The van der Waals surface area contributed by atoms with E-state index in [1.54, 1.807) is 30.5 Å². The normalized spacial score (nSPS) is 11.5. The number of nitrogens with zero attached hydrogens (tertiary/aromatic N) is 2. The second-order valence-corrected chi connectivity index (χ2v) is 10.2. The van der Waals surface area contributed by atoms with Crippen molar-refractivity contribution in [1.82, 2.24) is 4.98 Å². The molecule has 7 heteroatoms. The van der Waals surface area contributed by atoms with E-state index in [2.05, 4.69) is 53.7 Å². The van der Waals surface area contributed by atoms with Crippen LogP contribution in [0.4, 0.5) is 10.1 Å². The van der Waals surface area contributed by atoms with Crippen molar-refractivity contribution in [2.75, 3.05) is 10.7 Å². The Balaban J connectivity index is 1.54. The first-order valence-electron chi connectivity index (χ1n) is 10.8. The van der Waals surface area contributed by atoms with Gasteiger partial charge >= 0.3 is 0 Å². The van der Waals surface area contributed by atoms with Crippen LogP contribution in [-0.2, 0) is 5.41 Å². The summed E-state index contributed by atoms with van der Waals surface area (Å²) in [7, 11) is 0. The summed E-state index contributed by atoms with van der Waals surface area (Å²) < 4.78 is 0. The molecule has 5 nitrogen and oxygen atoms in total. The molecule has 0 bridgehead atoms. The van der Waals surface area contributed by atoms with Crippen LogP contribution in [0.15, 0.2) is 84.0 Å². The summed E-state index contributed by atoms with van der Waals surface area (Å²) in [5, 5.41) is 9.11. The van der Waals surface area contributed by atoms with E-state index in [1.807, 2.05) is 42.5 Å². The summed E-state index contributed by atoms with van der Waals surface area (Å²) >= 11 is 7.27. The molecule has 1 amide bonds. The molecule has 0 unspecified atom stereocenters. The lowest BCUT2D eigenvalue weighted by molar-refractivity contribution is 0.102. The van der Waals surface area contributed by atoms with Crippen molar-refractivity contribution >= 4 is 45.2 Å². The summed E-state index contributed by atoms with van der Waals surface area (Å²) in [6.45, 7) is 6.56. The predicted molar refractivity (Wildman–Crippen MR) is 143 cm³/mol. The van der Waals surface area contributed by atoms with Crippen LogP contribution in [0.3, 0.4) is 0 Å². The lowest BCUT2D eigenvalue weighted by Crippen LogP contribution is -2.11. The maximum atomic E-state index is 12.8. The molecule has 0 fully saturated rings. The zero-order valence-electron chi connectivity index (χ0n) is 19.2. The lowest BCUT2D eigenvalue weighted by atomic mass is 9.87. The van der Waals surface area contributed by atoms with Crippen molar-refractivity contribution in [1.29, 1.82) is 0 Å². The minimum absolute atomic E-state index is 0.107. The number of halogens is 1. The van der Waals surface area contributed by atoms with Crippen molar-refractivity contribution in [2.45, 2.75) is 26.2 Å². The van der Waals surface area contributed by atoms with Gasteiger partial charge in [-0.2, -0.15) is 5.10 Å². The number of benzene rings is 3. The van der Waals surface area contributed by atoms with Crippen LogP contribution in [0.2, 0.25) is 5.02 Å². The maximum absolute atomic E-state index is 12.8. The van der Waals surface area contributed by atoms with E-state index < -0.39 is 0 Å². The smallest absolute Gasteiger partial charge is 0.256 e. The highest BCUT2D eigenvalue weighted by Gasteiger charge is 2.17.